The van der Waals surface area contributed by atoms with E-state index in [0.29, 0.717) is 11.6 Å². The van der Waals surface area contributed by atoms with E-state index in [1.165, 1.54) is 18.2 Å². The molecule has 1 amide bonds. The first-order valence-corrected chi connectivity index (χ1v) is 6.60. The Bertz CT molecular complexity index is 578. The van der Waals surface area contributed by atoms with E-state index in [-0.39, 0.29) is 10.0 Å². The number of alkyl carbamates (subject to hydrolysis) is 1. The van der Waals surface area contributed by atoms with Crippen LogP contribution in [0.4, 0.5) is 18.0 Å². The molecule has 0 fully saturated rings. The SMILES string of the molecule is COC(=O)NCC(O)(C=Cc1ccc(Cl)c(Cl)c1)C(F)(F)F. The highest BCUT2D eigenvalue weighted by Crippen LogP contribution is 2.32. The minimum atomic E-state index is -5.00. The summed E-state index contributed by atoms with van der Waals surface area (Å²) in [5.74, 6) is 0. The second-order valence-corrected chi connectivity index (χ2v) is 5.09. The van der Waals surface area contributed by atoms with E-state index >= 15 is 0 Å². The predicted octanol–water partition coefficient (Wildman–Crippen LogP) is 3.66. The fraction of sp³-hybridized carbons (Fsp3) is 0.308. The number of aliphatic hydroxyl groups is 1. The molecule has 9 heteroatoms. The molecule has 0 heterocycles. The third-order valence-electron chi connectivity index (χ3n) is 2.67. The zero-order valence-corrected chi connectivity index (χ0v) is 12.8. The Kier molecular flexibility index (Phi) is 6.10. The highest BCUT2D eigenvalue weighted by atomic mass is 35.5. The molecule has 0 bridgehead atoms. The van der Waals surface area contributed by atoms with Gasteiger partial charge in [-0.3, -0.25) is 0 Å². The molecular formula is C13H12Cl2F3NO3. The number of carbonyl (C=O) groups excluding carboxylic acids is 1. The van der Waals surface area contributed by atoms with E-state index in [4.69, 9.17) is 23.2 Å². The van der Waals surface area contributed by atoms with E-state index in [9.17, 15) is 23.1 Å². The molecule has 0 aliphatic carbocycles. The number of carbonyl (C=O) groups is 1. The molecule has 0 radical (unpaired) electrons. The van der Waals surface area contributed by atoms with Gasteiger partial charge in [0.05, 0.1) is 23.7 Å². The number of methoxy groups -OCH3 is 1. The lowest BCUT2D eigenvalue weighted by atomic mass is 10.0. The minimum Gasteiger partial charge on any atom is -0.453 e. The maximum atomic E-state index is 13.0. The Morgan fingerprint density at radius 2 is 2.00 bits per heavy atom. The summed E-state index contributed by atoms with van der Waals surface area (Å²) in [6, 6.07) is 4.17. The van der Waals surface area contributed by atoms with E-state index < -0.39 is 24.4 Å². The van der Waals surface area contributed by atoms with Crippen molar-refractivity contribution in [1.82, 2.24) is 5.32 Å². The summed E-state index contributed by atoms with van der Waals surface area (Å²) < 4.78 is 43.1. The van der Waals surface area contributed by atoms with Gasteiger partial charge in [0.1, 0.15) is 0 Å². The number of alkyl halides is 3. The predicted molar refractivity (Wildman–Crippen MR) is 76.9 cm³/mol. The lowest BCUT2D eigenvalue weighted by molar-refractivity contribution is -0.236. The van der Waals surface area contributed by atoms with Gasteiger partial charge >= 0.3 is 12.3 Å². The van der Waals surface area contributed by atoms with Crippen LogP contribution in [0.3, 0.4) is 0 Å². The molecular weight excluding hydrogens is 346 g/mol. The van der Waals surface area contributed by atoms with Gasteiger partial charge in [-0.05, 0) is 23.8 Å². The van der Waals surface area contributed by atoms with Crippen LogP contribution in [0.2, 0.25) is 10.0 Å². The number of benzene rings is 1. The van der Waals surface area contributed by atoms with Crippen LogP contribution in [0, 0.1) is 0 Å². The second-order valence-electron chi connectivity index (χ2n) is 4.27. The van der Waals surface area contributed by atoms with Crippen LogP contribution in [0.5, 0.6) is 0 Å². The van der Waals surface area contributed by atoms with E-state index in [1.54, 1.807) is 5.32 Å². The van der Waals surface area contributed by atoms with Gasteiger partial charge in [-0.2, -0.15) is 13.2 Å². The smallest absolute Gasteiger partial charge is 0.422 e. The van der Waals surface area contributed by atoms with Crippen LogP contribution in [0.15, 0.2) is 24.3 Å². The zero-order chi connectivity index (χ0) is 17.0. The molecule has 0 spiro atoms. The molecule has 0 aliphatic rings. The van der Waals surface area contributed by atoms with Crippen molar-refractivity contribution >= 4 is 35.4 Å². The molecule has 1 aromatic carbocycles. The second kappa shape index (κ2) is 7.21. The van der Waals surface area contributed by atoms with Crippen LogP contribution in [-0.4, -0.2) is 36.6 Å². The maximum Gasteiger partial charge on any atom is 0.422 e. The molecule has 0 saturated carbocycles. The van der Waals surface area contributed by atoms with Crippen LogP contribution >= 0.6 is 23.2 Å². The standard InChI is InChI=1S/C13H12Cl2F3NO3/c1-22-11(20)19-7-12(21,13(16,17)18)5-4-8-2-3-9(14)10(15)6-8/h2-6,21H,7H2,1H3,(H,19,20). The number of hydrogen-bond donors (Lipinski definition) is 2. The van der Waals surface area contributed by atoms with Crippen molar-refractivity contribution in [3.05, 3.63) is 39.9 Å². The zero-order valence-electron chi connectivity index (χ0n) is 11.2. The van der Waals surface area contributed by atoms with Gasteiger partial charge in [-0.25, -0.2) is 4.79 Å². The molecule has 1 rings (SSSR count). The number of ether oxygens (including phenoxy) is 1. The van der Waals surface area contributed by atoms with Crippen molar-refractivity contribution in [3.8, 4) is 0 Å². The molecule has 1 atom stereocenters. The lowest BCUT2D eigenvalue weighted by Crippen LogP contribution is -2.52. The Labute approximate surface area is 134 Å². The number of nitrogens with one attached hydrogen (secondary N) is 1. The number of hydrogen-bond acceptors (Lipinski definition) is 3. The molecule has 0 aromatic heterocycles. The Balaban J connectivity index is 2.99. The summed E-state index contributed by atoms with van der Waals surface area (Å²) in [5, 5.41) is 11.9. The van der Waals surface area contributed by atoms with Gasteiger partial charge in [-0.15, -0.1) is 0 Å². The van der Waals surface area contributed by atoms with Crippen LogP contribution in [0.25, 0.3) is 6.08 Å². The van der Waals surface area contributed by atoms with E-state index in [0.717, 1.165) is 13.2 Å². The van der Waals surface area contributed by atoms with E-state index in [1.807, 2.05) is 0 Å². The maximum absolute atomic E-state index is 13.0. The Morgan fingerprint density at radius 1 is 1.36 bits per heavy atom. The topological polar surface area (TPSA) is 58.6 Å². The summed E-state index contributed by atoms with van der Waals surface area (Å²) >= 11 is 11.4. The molecule has 2 N–H and O–H groups in total. The Hall–Kier alpha value is -1.44. The molecule has 22 heavy (non-hydrogen) atoms. The average molecular weight is 358 g/mol. The van der Waals surface area contributed by atoms with E-state index in [2.05, 4.69) is 4.74 Å². The summed E-state index contributed by atoms with van der Waals surface area (Å²) in [5.41, 5.74) is -2.96. The molecule has 1 unspecified atom stereocenters. The third kappa shape index (κ3) is 4.79. The largest absolute Gasteiger partial charge is 0.453 e. The van der Waals surface area contributed by atoms with Crippen molar-refractivity contribution in [2.45, 2.75) is 11.8 Å². The normalized spacial score (nSPS) is 14.7. The molecule has 122 valence electrons. The van der Waals surface area contributed by atoms with Gasteiger partial charge in [0.25, 0.3) is 0 Å². The van der Waals surface area contributed by atoms with Gasteiger partial charge in [0, 0.05) is 0 Å². The fourth-order valence-electron chi connectivity index (χ4n) is 1.38. The average Bonchev–Trinajstić information content (AvgIpc) is 2.44. The molecule has 1 aromatic rings. The van der Waals surface area contributed by atoms with Crippen molar-refractivity contribution in [3.63, 3.8) is 0 Å². The van der Waals surface area contributed by atoms with Crippen molar-refractivity contribution in [2.75, 3.05) is 13.7 Å². The van der Waals surface area contributed by atoms with Gasteiger partial charge in [-0.1, -0.05) is 35.3 Å². The summed E-state index contributed by atoms with van der Waals surface area (Å²) in [6.45, 7) is -1.10. The summed E-state index contributed by atoms with van der Waals surface area (Å²) in [7, 11) is 0.994. The van der Waals surface area contributed by atoms with Gasteiger partial charge in [0.15, 0.2) is 5.60 Å². The summed E-state index contributed by atoms with van der Waals surface area (Å²) in [4.78, 5) is 10.9. The number of amides is 1. The number of halogens is 5. The first kappa shape index (κ1) is 18.6. The molecule has 0 saturated heterocycles. The quantitative estimate of drug-likeness (QED) is 0.864. The van der Waals surface area contributed by atoms with Crippen LogP contribution in [-0.2, 0) is 4.74 Å². The van der Waals surface area contributed by atoms with Crippen LogP contribution < -0.4 is 5.32 Å². The highest BCUT2D eigenvalue weighted by molar-refractivity contribution is 6.42. The first-order valence-electron chi connectivity index (χ1n) is 5.84. The lowest BCUT2D eigenvalue weighted by Gasteiger charge is -2.27. The van der Waals surface area contributed by atoms with Crippen molar-refractivity contribution < 1.29 is 27.8 Å². The number of rotatable bonds is 4. The fourth-order valence-corrected chi connectivity index (χ4v) is 1.69. The first-order chi connectivity index (χ1) is 10.1. The molecule has 4 nitrogen and oxygen atoms in total. The minimum absolute atomic E-state index is 0.159. The summed E-state index contributed by atoms with van der Waals surface area (Å²) in [6.07, 6.45) is -4.55. The van der Waals surface area contributed by atoms with Gasteiger partial charge in [0.2, 0.25) is 0 Å². The third-order valence-corrected chi connectivity index (χ3v) is 3.41. The van der Waals surface area contributed by atoms with Crippen molar-refractivity contribution in [1.29, 1.82) is 0 Å². The van der Waals surface area contributed by atoms with Crippen molar-refractivity contribution in [2.24, 2.45) is 0 Å². The van der Waals surface area contributed by atoms with Gasteiger partial charge < -0.3 is 15.2 Å². The Morgan fingerprint density at radius 3 is 2.50 bits per heavy atom. The molecule has 0 aliphatic heterocycles. The monoisotopic (exact) mass is 357 g/mol. The van der Waals surface area contributed by atoms with Crippen LogP contribution in [0.1, 0.15) is 5.56 Å². The highest BCUT2D eigenvalue weighted by Gasteiger charge is 2.52.